The maximum atomic E-state index is 13.3. The van der Waals surface area contributed by atoms with Gasteiger partial charge in [0.2, 0.25) is 6.41 Å². The van der Waals surface area contributed by atoms with Crippen LogP contribution in [0.25, 0.3) is 0 Å². The normalized spacial score (nSPS) is 15.7. The SMILES string of the molecule is Cc1cc(C)c(CNC(=O)c2cc(CN3CCCC3)cc(NC3CCCC3)c2C=N)c(=O)[nH]1.NC=O. The molecule has 1 aliphatic carbocycles. The quantitative estimate of drug-likeness (QED) is 0.283. The van der Waals surface area contributed by atoms with Crippen molar-refractivity contribution in [3.8, 4) is 0 Å². The average molecular weight is 495 g/mol. The first-order valence-electron chi connectivity index (χ1n) is 12.7. The molecule has 36 heavy (non-hydrogen) atoms. The van der Waals surface area contributed by atoms with E-state index >= 15 is 0 Å². The molecule has 0 spiro atoms. The van der Waals surface area contributed by atoms with Gasteiger partial charge in [0.15, 0.2) is 0 Å². The highest BCUT2D eigenvalue weighted by Gasteiger charge is 2.22. The van der Waals surface area contributed by atoms with E-state index in [2.05, 4.69) is 32.3 Å². The van der Waals surface area contributed by atoms with Gasteiger partial charge in [0.05, 0.1) is 5.56 Å². The van der Waals surface area contributed by atoms with Crippen LogP contribution in [0.3, 0.4) is 0 Å². The minimum absolute atomic E-state index is 0.152. The van der Waals surface area contributed by atoms with Crippen molar-refractivity contribution in [3.63, 3.8) is 0 Å². The zero-order valence-electron chi connectivity index (χ0n) is 21.3. The summed E-state index contributed by atoms with van der Waals surface area (Å²) in [6.07, 6.45) is 8.60. The van der Waals surface area contributed by atoms with Gasteiger partial charge in [-0.3, -0.25) is 19.3 Å². The number of aromatic amines is 1. The van der Waals surface area contributed by atoms with Crippen LogP contribution in [0.1, 0.15) is 76.8 Å². The lowest BCUT2D eigenvalue weighted by molar-refractivity contribution is -0.106. The van der Waals surface area contributed by atoms with Crippen LogP contribution in [-0.2, 0) is 17.9 Å². The van der Waals surface area contributed by atoms with Crippen molar-refractivity contribution >= 4 is 24.2 Å². The topological polar surface area (TPSA) is 144 Å². The van der Waals surface area contributed by atoms with Crippen molar-refractivity contribution in [2.24, 2.45) is 5.73 Å². The fourth-order valence-electron chi connectivity index (χ4n) is 5.12. The minimum atomic E-state index is -0.259. The van der Waals surface area contributed by atoms with Gasteiger partial charge >= 0.3 is 0 Å². The van der Waals surface area contributed by atoms with Gasteiger partial charge in [-0.25, -0.2) is 0 Å². The largest absolute Gasteiger partial charge is 0.382 e. The highest BCUT2D eigenvalue weighted by molar-refractivity contribution is 6.05. The average Bonchev–Trinajstić information content (AvgIpc) is 3.53. The standard InChI is InChI=1S/C26H35N5O2.CH3NO/c1-17-11-18(2)29-26(33)23(17)15-28-25(32)21-12-19(16-31-9-5-6-10-31)13-24(22(21)14-27)30-20-7-3-4-8-20;2-1-3/h11-14,20,27,30H,3-10,15-16H2,1-2H3,(H,28,32)(H,29,33);1H,(H2,2,3). The first-order valence-corrected chi connectivity index (χ1v) is 12.7. The molecule has 0 atom stereocenters. The number of hydrogen-bond donors (Lipinski definition) is 5. The van der Waals surface area contributed by atoms with Crippen LogP contribution in [0, 0.1) is 19.3 Å². The van der Waals surface area contributed by atoms with Crippen LogP contribution in [0.2, 0.25) is 0 Å². The van der Waals surface area contributed by atoms with E-state index in [-0.39, 0.29) is 24.4 Å². The van der Waals surface area contributed by atoms with Crippen molar-refractivity contribution in [2.75, 3.05) is 18.4 Å². The summed E-state index contributed by atoms with van der Waals surface area (Å²) in [5, 5.41) is 14.6. The van der Waals surface area contributed by atoms with Gasteiger partial charge in [0.1, 0.15) is 0 Å². The van der Waals surface area contributed by atoms with Crippen molar-refractivity contribution in [3.05, 3.63) is 62.1 Å². The van der Waals surface area contributed by atoms with Gasteiger partial charge in [-0.1, -0.05) is 12.8 Å². The third kappa shape index (κ3) is 7.04. The second-order valence-electron chi connectivity index (χ2n) is 9.62. The van der Waals surface area contributed by atoms with E-state index in [9.17, 15) is 9.59 Å². The summed E-state index contributed by atoms with van der Waals surface area (Å²) in [6, 6.07) is 6.32. The number of amides is 2. The van der Waals surface area contributed by atoms with Crippen LogP contribution in [0.15, 0.2) is 23.0 Å². The van der Waals surface area contributed by atoms with Gasteiger partial charge in [0.25, 0.3) is 11.5 Å². The molecule has 2 heterocycles. The number of nitrogens with two attached hydrogens (primary N) is 1. The van der Waals surface area contributed by atoms with E-state index in [1.54, 1.807) is 0 Å². The van der Waals surface area contributed by atoms with Gasteiger partial charge in [-0.2, -0.15) is 0 Å². The molecule has 1 aromatic carbocycles. The number of carbonyl (C=O) groups excluding carboxylic acids is 2. The number of aryl methyl sites for hydroxylation is 2. The number of benzene rings is 1. The summed E-state index contributed by atoms with van der Waals surface area (Å²) in [4.78, 5) is 39.5. The number of rotatable bonds is 8. The number of carbonyl (C=O) groups is 2. The number of pyridine rings is 1. The molecule has 0 unspecified atom stereocenters. The molecule has 1 saturated carbocycles. The second-order valence-corrected chi connectivity index (χ2v) is 9.62. The third-order valence-electron chi connectivity index (χ3n) is 6.87. The van der Waals surface area contributed by atoms with E-state index < -0.39 is 0 Å². The van der Waals surface area contributed by atoms with Gasteiger partial charge in [-0.15, -0.1) is 0 Å². The maximum absolute atomic E-state index is 13.3. The lowest BCUT2D eigenvalue weighted by atomic mass is 9.99. The number of aromatic nitrogens is 1. The molecule has 4 rings (SSSR count). The Labute approximate surface area is 212 Å². The Bertz CT molecular complexity index is 1130. The number of nitrogens with zero attached hydrogens (tertiary/aromatic N) is 1. The highest BCUT2D eigenvalue weighted by Crippen LogP contribution is 2.28. The number of likely N-dealkylation sites (tertiary alicyclic amines) is 1. The molecule has 2 aliphatic rings. The van der Waals surface area contributed by atoms with E-state index in [0.717, 1.165) is 55.0 Å². The number of hydrogen-bond acceptors (Lipinski definition) is 6. The molecule has 0 radical (unpaired) electrons. The Morgan fingerprint density at radius 1 is 1.17 bits per heavy atom. The van der Waals surface area contributed by atoms with Crippen molar-refractivity contribution in [1.82, 2.24) is 15.2 Å². The third-order valence-corrected chi connectivity index (χ3v) is 6.87. The van der Waals surface area contributed by atoms with Crippen molar-refractivity contribution in [1.29, 1.82) is 5.41 Å². The Kier molecular flexibility index (Phi) is 9.81. The fourth-order valence-corrected chi connectivity index (χ4v) is 5.12. The molecule has 2 fully saturated rings. The summed E-state index contributed by atoms with van der Waals surface area (Å²) in [6.45, 7) is 6.84. The zero-order valence-corrected chi connectivity index (χ0v) is 21.3. The number of primary amides is 1. The summed E-state index contributed by atoms with van der Waals surface area (Å²) in [7, 11) is 0. The molecular formula is C27H38N6O3. The second kappa shape index (κ2) is 13.0. The van der Waals surface area contributed by atoms with Crippen LogP contribution in [0.5, 0.6) is 0 Å². The van der Waals surface area contributed by atoms with Crippen molar-refractivity contribution in [2.45, 2.75) is 71.5 Å². The van der Waals surface area contributed by atoms with E-state index in [4.69, 9.17) is 10.2 Å². The zero-order chi connectivity index (χ0) is 26.1. The number of H-pyrrole nitrogens is 1. The molecular weight excluding hydrogens is 456 g/mol. The van der Waals surface area contributed by atoms with Gasteiger partial charge in [-0.05, 0) is 81.9 Å². The molecule has 6 N–H and O–H groups in total. The maximum Gasteiger partial charge on any atom is 0.253 e. The summed E-state index contributed by atoms with van der Waals surface area (Å²) in [5.74, 6) is -0.259. The first-order chi connectivity index (χ1) is 17.4. The van der Waals surface area contributed by atoms with Crippen LogP contribution in [-0.4, -0.2) is 47.5 Å². The Morgan fingerprint density at radius 2 is 1.83 bits per heavy atom. The molecule has 2 amide bonds. The molecule has 9 nitrogen and oxygen atoms in total. The van der Waals surface area contributed by atoms with E-state index in [1.807, 2.05) is 26.0 Å². The molecule has 1 aromatic heterocycles. The summed E-state index contributed by atoms with van der Waals surface area (Å²) < 4.78 is 0. The number of nitrogens with one attached hydrogen (secondary N) is 4. The minimum Gasteiger partial charge on any atom is -0.382 e. The van der Waals surface area contributed by atoms with E-state index in [1.165, 1.54) is 31.9 Å². The Hall–Kier alpha value is -3.46. The monoisotopic (exact) mass is 494 g/mol. The molecule has 9 heteroatoms. The smallest absolute Gasteiger partial charge is 0.253 e. The first kappa shape index (κ1) is 27.1. The Balaban J connectivity index is 0.00000115. The van der Waals surface area contributed by atoms with Crippen molar-refractivity contribution < 1.29 is 9.59 Å². The highest BCUT2D eigenvalue weighted by atomic mass is 16.2. The predicted octanol–water partition coefficient (Wildman–Crippen LogP) is 2.97. The summed E-state index contributed by atoms with van der Waals surface area (Å²) in [5.41, 5.74) is 9.25. The predicted molar refractivity (Wildman–Crippen MR) is 143 cm³/mol. The lowest BCUT2D eigenvalue weighted by Gasteiger charge is -2.21. The number of anilines is 1. The molecule has 194 valence electrons. The van der Waals surface area contributed by atoms with Crippen LogP contribution < -0.4 is 21.9 Å². The van der Waals surface area contributed by atoms with Gasteiger partial charge < -0.3 is 26.8 Å². The molecule has 0 bridgehead atoms. The molecule has 2 aromatic rings. The van der Waals surface area contributed by atoms with Crippen LogP contribution in [0.4, 0.5) is 5.69 Å². The van der Waals surface area contributed by atoms with Gasteiger partial charge in [0, 0.05) is 47.9 Å². The van der Waals surface area contributed by atoms with E-state index in [0.29, 0.717) is 22.7 Å². The lowest BCUT2D eigenvalue weighted by Crippen LogP contribution is -2.29. The van der Waals surface area contributed by atoms with Crippen LogP contribution >= 0.6 is 0 Å². The fraction of sp³-hybridized carbons (Fsp3) is 0.481. The Morgan fingerprint density at radius 3 is 2.44 bits per heavy atom. The summed E-state index contributed by atoms with van der Waals surface area (Å²) >= 11 is 0. The molecule has 1 aliphatic heterocycles. The molecule has 1 saturated heterocycles.